The van der Waals surface area contributed by atoms with Gasteiger partial charge in [-0.25, -0.2) is 0 Å². The van der Waals surface area contributed by atoms with Crippen molar-refractivity contribution in [1.29, 1.82) is 0 Å². The monoisotopic (exact) mass is 524 g/mol. The van der Waals surface area contributed by atoms with Crippen LogP contribution < -0.4 is 0 Å². The number of aliphatic hydroxyl groups excluding tert-OH is 2. The molecular formula is C31H56O6. The molecular weight excluding hydrogens is 468 g/mol. The van der Waals surface area contributed by atoms with Crippen LogP contribution in [0, 0.1) is 35.0 Å². The molecule has 0 bridgehead atoms. The Balaban J connectivity index is 1.68. The molecule has 8 unspecified atom stereocenters. The lowest BCUT2D eigenvalue weighted by Crippen LogP contribution is -2.35. The van der Waals surface area contributed by atoms with Gasteiger partial charge in [-0.2, -0.15) is 0 Å². The second kappa shape index (κ2) is 16.1. The van der Waals surface area contributed by atoms with Gasteiger partial charge in [-0.15, -0.1) is 0 Å². The smallest absolute Gasteiger partial charge is 0.309 e. The van der Waals surface area contributed by atoms with Crippen LogP contribution in [0.2, 0.25) is 0 Å². The average molecular weight is 525 g/mol. The lowest BCUT2D eigenvalue weighted by Gasteiger charge is -2.37. The molecule has 2 aliphatic carbocycles. The van der Waals surface area contributed by atoms with E-state index in [0.29, 0.717) is 42.9 Å². The van der Waals surface area contributed by atoms with Gasteiger partial charge in [0.25, 0.3) is 0 Å². The number of hydrogen-bond acceptors (Lipinski definition) is 4. The largest absolute Gasteiger partial charge is 0.481 e. The van der Waals surface area contributed by atoms with Gasteiger partial charge < -0.3 is 20.4 Å². The molecule has 2 saturated carbocycles. The van der Waals surface area contributed by atoms with E-state index < -0.39 is 17.4 Å². The van der Waals surface area contributed by atoms with E-state index in [1.807, 2.05) is 13.8 Å². The Morgan fingerprint density at radius 1 is 0.757 bits per heavy atom. The van der Waals surface area contributed by atoms with Crippen LogP contribution >= 0.6 is 0 Å². The number of hydrogen-bond donors (Lipinski definition) is 4. The number of carboxylic acids is 2. The van der Waals surface area contributed by atoms with Crippen molar-refractivity contribution in [3.63, 3.8) is 0 Å². The first-order chi connectivity index (χ1) is 17.6. The van der Waals surface area contributed by atoms with Crippen LogP contribution in [0.3, 0.4) is 0 Å². The van der Waals surface area contributed by atoms with Gasteiger partial charge in [0.2, 0.25) is 0 Å². The first-order valence-corrected chi connectivity index (χ1v) is 15.4. The fourth-order valence-electron chi connectivity index (χ4n) is 6.98. The molecule has 2 aliphatic rings. The topological polar surface area (TPSA) is 115 Å². The Labute approximate surface area is 225 Å². The molecule has 0 saturated heterocycles. The summed E-state index contributed by atoms with van der Waals surface area (Å²) in [5, 5.41) is 40.6. The predicted molar refractivity (Wildman–Crippen MR) is 147 cm³/mol. The molecule has 0 heterocycles. The second-order valence-electron chi connectivity index (χ2n) is 12.8. The summed E-state index contributed by atoms with van der Waals surface area (Å²) in [4.78, 5) is 22.5. The van der Waals surface area contributed by atoms with Gasteiger partial charge in [-0.1, -0.05) is 58.8 Å². The van der Waals surface area contributed by atoms with Crippen LogP contribution in [0.4, 0.5) is 0 Å². The van der Waals surface area contributed by atoms with Gasteiger partial charge in [-0.3, -0.25) is 9.59 Å². The molecule has 0 aliphatic heterocycles. The molecule has 0 aromatic heterocycles. The Hall–Kier alpha value is -1.14. The van der Waals surface area contributed by atoms with E-state index >= 15 is 0 Å². The average Bonchev–Trinajstić information content (AvgIpc) is 2.87. The summed E-state index contributed by atoms with van der Waals surface area (Å²) < 4.78 is 0. The summed E-state index contributed by atoms with van der Waals surface area (Å²) >= 11 is 0. The number of carbonyl (C=O) groups is 2. The van der Waals surface area contributed by atoms with Gasteiger partial charge in [-0.05, 0) is 101 Å². The zero-order valence-corrected chi connectivity index (χ0v) is 23.9. The highest BCUT2D eigenvalue weighted by atomic mass is 16.4. The van der Waals surface area contributed by atoms with Crippen molar-refractivity contribution < 1.29 is 30.0 Å². The number of rotatable bonds is 17. The van der Waals surface area contributed by atoms with Crippen molar-refractivity contribution in [1.82, 2.24) is 0 Å². The lowest BCUT2D eigenvalue weighted by atomic mass is 9.72. The molecule has 6 nitrogen and oxygen atoms in total. The molecule has 4 N–H and O–H groups in total. The highest BCUT2D eigenvalue weighted by Crippen LogP contribution is 2.39. The number of unbranched alkanes of at least 4 members (excludes halogenated alkanes) is 2. The highest BCUT2D eigenvalue weighted by molar-refractivity contribution is 5.73. The molecule has 0 aromatic carbocycles. The van der Waals surface area contributed by atoms with Gasteiger partial charge in [0.1, 0.15) is 0 Å². The van der Waals surface area contributed by atoms with Crippen LogP contribution in [0.1, 0.15) is 136 Å². The minimum absolute atomic E-state index is 0.241. The van der Waals surface area contributed by atoms with Gasteiger partial charge >= 0.3 is 11.9 Å². The minimum Gasteiger partial charge on any atom is -0.481 e. The summed E-state index contributed by atoms with van der Waals surface area (Å²) in [5.41, 5.74) is -0.630. The standard InChI is InChI=1S/C31H56O6/c1-4-31(3,30(36)37)21-8-7-14-24-16-10-18-26(28(24)33)20-11-19-25-17-9-15-23(27(25)32)13-6-5-12-22(2)29(34)35/h22-28,32-33H,4-21H2,1-3H3,(H,34,35)(H,36,37). The van der Waals surface area contributed by atoms with E-state index in [1.165, 1.54) is 12.8 Å². The van der Waals surface area contributed by atoms with Gasteiger partial charge in [0.15, 0.2) is 0 Å². The zero-order valence-electron chi connectivity index (χ0n) is 23.9. The molecule has 8 atom stereocenters. The predicted octanol–water partition coefficient (Wildman–Crippen LogP) is 7.05. The maximum atomic E-state index is 11.5. The van der Waals surface area contributed by atoms with Crippen molar-refractivity contribution in [2.24, 2.45) is 35.0 Å². The van der Waals surface area contributed by atoms with Crippen LogP contribution in [-0.4, -0.2) is 44.6 Å². The third-order valence-electron chi connectivity index (χ3n) is 10.1. The summed E-state index contributed by atoms with van der Waals surface area (Å²) in [6.07, 6.45) is 17.2. The Kier molecular flexibility index (Phi) is 13.9. The number of aliphatic hydroxyl groups is 2. The Morgan fingerprint density at radius 2 is 1.19 bits per heavy atom. The molecule has 6 heteroatoms. The fourth-order valence-corrected chi connectivity index (χ4v) is 6.98. The van der Waals surface area contributed by atoms with E-state index in [0.717, 1.165) is 83.5 Å². The molecule has 2 rings (SSSR count). The van der Waals surface area contributed by atoms with Crippen molar-refractivity contribution in [3.05, 3.63) is 0 Å². The Morgan fingerprint density at radius 3 is 1.59 bits per heavy atom. The molecule has 2 fully saturated rings. The number of carboxylic acid groups (broad SMARTS) is 2. The summed E-state index contributed by atoms with van der Waals surface area (Å²) in [6.45, 7) is 5.56. The zero-order chi connectivity index (χ0) is 27.4. The van der Waals surface area contributed by atoms with Crippen molar-refractivity contribution in [3.8, 4) is 0 Å². The number of aliphatic carboxylic acids is 2. The van der Waals surface area contributed by atoms with E-state index in [-0.39, 0.29) is 18.1 Å². The first-order valence-electron chi connectivity index (χ1n) is 15.4. The lowest BCUT2D eigenvalue weighted by molar-refractivity contribution is -0.148. The van der Waals surface area contributed by atoms with Crippen LogP contribution in [0.25, 0.3) is 0 Å². The van der Waals surface area contributed by atoms with Crippen molar-refractivity contribution in [2.75, 3.05) is 0 Å². The summed E-state index contributed by atoms with van der Waals surface area (Å²) in [7, 11) is 0. The third-order valence-corrected chi connectivity index (χ3v) is 10.1. The van der Waals surface area contributed by atoms with Crippen LogP contribution in [-0.2, 0) is 9.59 Å². The van der Waals surface area contributed by atoms with Crippen molar-refractivity contribution >= 4 is 11.9 Å². The third kappa shape index (κ3) is 10.2. The molecule has 0 amide bonds. The first kappa shape index (κ1) is 32.1. The van der Waals surface area contributed by atoms with E-state index in [9.17, 15) is 24.9 Å². The SMILES string of the molecule is CCC(C)(CCCCC1CCCC(CCCC2CCCC(CCCCC(C)C(=O)O)C2O)C1O)C(=O)O. The molecule has 0 spiro atoms. The highest BCUT2D eigenvalue weighted by Gasteiger charge is 2.34. The van der Waals surface area contributed by atoms with Gasteiger partial charge in [0.05, 0.1) is 23.5 Å². The molecule has 37 heavy (non-hydrogen) atoms. The van der Waals surface area contributed by atoms with Gasteiger partial charge in [0, 0.05) is 0 Å². The Bertz CT molecular complexity index is 681. The molecule has 0 aromatic rings. The maximum absolute atomic E-state index is 11.5. The second-order valence-corrected chi connectivity index (χ2v) is 12.8. The normalized spacial score (nSPS) is 30.9. The molecule has 216 valence electrons. The maximum Gasteiger partial charge on any atom is 0.309 e. The van der Waals surface area contributed by atoms with Crippen molar-refractivity contribution in [2.45, 2.75) is 149 Å². The van der Waals surface area contributed by atoms with Crippen LogP contribution in [0.5, 0.6) is 0 Å². The molecule has 0 radical (unpaired) electrons. The van der Waals surface area contributed by atoms with E-state index in [1.54, 1.807) is 6.92 Å². The van der Waals surface area contributed by atoms with E-state index in [2.05, 4.69) is 0 Å². The fraction of sp³-hybridized carbons (Fsp3) is 0.935. The van der Waals surface area contributed by atoms with Crippen LogP contribution in [0.15, 0.2) is 0 Å². The quantitative estimate of drug-likeness (QED) is 0.152. The van der Waals surface area contributed by atoms with E-state index in [4.69, 9.17) is 5.11 Å². The summed E-state index contributed by atoms with van der Waals surface area (Å²) in [6, 6.07) is 0. The minimum atomic E-state index is -0.720. The summed E-state index contributed by atoms with van der Waals surface area (Å²) in [5.74, 6) is -0.312.